The van der Waals surface area contributed by atoms with Gasteiger partial charge in [-0.15, -0.1) is 0 Å². The number of hydrogen-bond donors (Lipinski definition) is 3. The molecule has 98 valence electrons. The van der Waals surface area contributed by atoms with Crippen LogP contribution in [0.4, 0.5) is 5.69 Å². The van der Waals surface area contributed by atoms with E-state index < -0.39 is 11.9 Å². The van der Waals surface area contributed by atoms with Crippen LogP contribution in [0.15, 0.2) is 48.7 Å². The van der Waals surface area contributed by atoms with Crippen LogP contribution in [0, 0.1) is 0 Å². The van der Waals surface area contributed by atoms with Gasteiger partial charge in [-0.2, -0.15) is 0 Å². The Kier molecular flexibility index (Phi) is 5.04. The Morgan fingerprint density at radius 1 is 0.947 bits per heavy atom. The van der Waals surface area contributed by atoms with E-state index in [0.717, 1.165) is 0 Å². The largest absolute Gasteiger partial charge is 0.478 e. The fourth-order valence-corrected chi connectivity index (χ4v) is 1.18. The second-order valence-corrected chi connectivity index (χ2v) is 3.41. The molecule has 6 nitrogen and oxygen atoms in total. The molecule has 0 aliphatic heterocycles. The van der Waals surface area contributed by atoms with E-state index in [1.54, 1.807) is 30.3 Å². The van der Waals surface area contributed by atoms with Crippen molar-refractivity contribution in [1.82, 2.24) is 4.98 Å². The molecule has 1 aromatic carbocycles. The highest BCUT2D eigenvalue weighted by atomic mass is 16.4. The number of aromatic nitrogens is 1. The molecular formula is C13H12N2O4. The zero-order chi connectivity index (χ0) is 14.3. The molecule has 1 aromatic heterocycles. The number of nitrogens with two attached hydrogens (primary N) is 1. The second kappa shape index (κ2) is 6.75. The fraction of sp³-hybridized carbons (Fsp3) is 0. The summed E-state index contributed by atoms with van der Waals surface area (Å²) < 4.78 is 0. The number of pyridine rings is 1. The fourth-order valence-electron chi connectivity index (χ4n) is 1.18. The Balaban J connectivity index is 0.000000191. The summed E-state index contributed by atoms with van der Waals surface area (Å²) in [7, 11) is 0. The van der Waals surface area contributed by atoms with E-state index in [9.17, 15) is 9.59 Å². The van der Waals surface area contributed by atoms with E-state index in [2.05, 4.69) is 4.98 Å². The average molecular weight is 260 g/mol. The van der Waals surface area contributed by atoms with E-state index in [1.807, 2.05) is 0 Å². The molecule has 0 saturated carbocycles. The predicted octanol–water partition coefficient (Wildman–Crippen LogP) is 1.75. The molecule has 0 spiro atoms. The molecule has 2 aromatic rings. The zero-order valence-electron chi connectivity index (χ0n) is 9.85. The van der Waals surface area contributed by atoms with Crippen molar-refractivity contribution in [2.45, 2.75) is 0 Å². The summed E-state index contributed by atoms with van der Waals surface area (Å²) in [4.78, 5) is 24.1. The number of para-hydroxylation sites is 1. The van der Waals surface area contributed by atoms with Crippen molar-refractivity contribution >= 4 is 17.6 Å². The summed E-state index contributed by atoms with van der Waals surface area (Å²) in [6.07, 6.45) is 1.45. The number of nitrogen functional groups attached to an aromatic ring is 1. The van der Waals surface area contributed by atoms with Gasteiger partial charge in [-0.1, -0.05) is 18.2 Å². The van der Waals surface area contributed by atoms with Crippen molar-refractivity contribution < 1.29 is 19.8 Å². The SMILES string of the molecule is Nc1ccccc1C(=O)O.O=C(O)c1ccccn1. The van der Waals surface area contributed by atoms with Crippen LogP contribution < -0.4 is 5.73 Å². The molecule has 6 heteroatoms. The highest BCUT2D eigenvalue weighted by molar-refractivity contribution is 5.93. The van der Waals surface area contributed by atoms with Crippen molar-refractivity contribution in [2.75, 3.05) is 5.73 Å². The lowest BCUT2D eigenvalue weighted by Gasteiger charge is -1.96. The number of rotatable bonds is 2. The van der Waals surface area contributed by atoms with E-state index in [1.165, 1.54) is 18.3 Å². The van der Waals surface area contributed by atoms with Gasteiger partial charge in [-0.05, 0) is 24.3 Å². The monoisotopic (exact) mass is 260 g/mol. The maximum atomic E-state index is 10.3. The molecule has 0 aliphatic rings. The summed E-state index contributed by atoms with van der Waals surface area (Å²) in [5.41, 5.74) is 5.88. The van der Waals surface area contributed by atoms with Crippen LogP contribution in [-0.4, -0.2) is 27.1 Å². The Labute approximate surface area is 109 Å². The summed E-state index contributed by atoms with van der Waals surface area (Å²) in [5, 5.41) is 16.8. The number of carboxylic acids is 2. The van der Waals surface area contributed by atoms with Crippen molar-refractivity contribution in [2.24, 2.45) is 0 Å². The minimum atomic E-state index is -0.990. The third kappa shape index (κ3) is 4.47. The van der Waals surface area contributed by atoms with E-state index in [-0.39, 0.29) is 11.3 Å². The van der Waals surface area contributed by atoms with Crippen LogP contribution in [0.2, 0.25) is 0 Å². The van der Waals surface area contributed by atoms with E-state index >= 15 is 0 Å². The third-order valence-electron chi connectivity index (χ3n) is 2.08. The van der Waals surface area contributed by atoms with Gasteiger partial charge in [0.05, 0.1) is 5.56 Å². The molecular weight excluding hydrogens is 248 g/mol. The van der Waals surface area contributed by atoms with Crippen LogP contribution in [0.25, 0.3) is 0 Å². The molecule has 1 heterocycles. The van der Waals surface area contributed by atoms with Gasteiger partial charge in [-0.3, -0.25) is 0 Å². The molecule has 0 saturated heterocycles. The lowest BCUT2D eigenvalue weighted by atomic mass is 10.2. The Bertz CT molecular complexity index is 570. The highest BCUT2D eigenvalue weighted by Crippen LogP contribution is 2.09. The topological polar surface area (TPSA) is 114 Å². The Morgan fingerprint density at radius 2 is 1.58 bits per heavy atom. The first-order chi connectivity index (χ1) is 9.02. The van der Waals surface area contributed by atoms with Crippen molar-refractivity contribution in [3.05, 3.63) is 59.9 Å². The molecule has 0 radical (unpaired) electrons. The normalized spacial score (nSPS) is 9.05. The number of carbonyl (C=O) groups is 2. The minimum absolute atomic E-state index is 0.0810. The quantitative estimate of drug-likeness (QED) is 0.709. The van der Waals surface area contributed by atoms with Gasteiger partial charge in [0.1, 0.15) is 5.69 Å². The number of carboxylic acid groups (broad SMARTS) is 2. The Morgan fingerprint density at radius 3 is 1.95 bits per heavy atom. The van der Waals surface area contributed by atoms with E-state index in [0.29, 0.717) is 5.69 Å². The molecule has 0 fully saturated rings. The maximum Gasteiger partial charge on any atom is 0.354 e. The summed E-state index contributed by atoms with van der Waals surface area (Å²) in [5.74, 6) is -1.98. The molecule has 4 N–H and O–H groups in total. The van der Waals surface area contributed by atoms with Crippen LogP contribution >= 0.6 is 0 Å². The van der Waals surface area contributed by atoms with Crippen LogP contribution in [0.1, 0.15) is 20.8 Å². The standard InChI is InChI=1S/C7H7NO2.C6H5NO2/c8-6-4-2-1-3-5(6)7(9)10;8-6(9)5-3-1-2-4-7-5/h1-4H,8H2,(H,9,10);1-4H,(H,8,9). The molecule has 19 heavy (non-hydrogen) atoms. The molecule has 2 rings (SSSR count). The van der Waals surface area contributed by atoms with Gasteiger partial charge in [0.15, 0.2) is 0 Å². The zero-order valence-corrected chi connectivity index (χ0v) is 9.85. The van der Waals surface area contributed by atoms with Gasteiger partial charge in [0.2, 0.25) is 0 Å². The number of anilines is 1. The lowest BCUT2D eigenvalue weighted by Crippen LogP contribution is -2.00. The summed E-state index contributed by atoms with van der Waals surface area (Å²) in [6.45, 7) is 0. The molecule has 0 atom stereocenters. The number of benzene rings is 1. The minimum Gasteiger partial charge on any atom is -0.478 e. The first-order valence-corrected chi connectivity index (χ1v) is 5.24. The predicted molar refractivity (Wildman–Crippen MR) is 69.0 cm³/mol. The molecule has 0 bridgehead atoms. The first kappa shape index (κ1) is 14.2. The van der Waals surface area contributed by atoms with Crippen LogP contribution in [0.5, 0.6) is 0 Å². The van der Waals surface area contributed by atoms with Gasteiger partial charge in [0.25, 0.3) is 0 Å². The summed E-state index contributed by atoms with van der Waals surface area (Å²) in [6, 6.07) is 11.1. The van der Waals surface area contributed by atoms with Gasteiger partial charge < -0.3 is 15.9 Å². The maximum absolute atomic E-state index is 10.3. The van der Waals surface area contributed by atoms with Crippen LogP contribution in [-0.2, 0) is 0 Å². The van der Waals surface area contributed by atoms with Gasteiger partial charge in [0, 0.05) is 11.9 Å². The van der Waals surface area contributed by atoms with Gasteiger partial charge >= 0.3 is 11.9 Å². The van der Waals surface area contributed by atoms with Crippen molar-refractivity contribution in [3.63, 3.8) is 0 Å². The lowest BCUT2D eigenvalue weighted by molar-refractivity contribution is 0.0683. The number of hydrogen-bond acceptors (Lipinski definition) is 4. The summed E-state index contributed by atoms with van der Waals surface area (Å²) >= 11 is 0. The average Bonchev–Trinajstić information content (AvgIpc) is 2.40. The Hall–Kier alpha value is -2.89. The van der Waals surface area contributed by atoms with Crippen molar-refractivity contribution in [3.8, 4) is 0 Å². The van der Waals surface area contributed by atoms with E-state index in [4.69, 9.17) is 15.9 Å². The third-order valence-corrected chi connectivity index (χ3v) is 2.08. The van der Waals surface area contributed by atoms with Crippen molar-refractivity contribution in [1.29, 1.82) is 0 Å². The molecule has 0 unspecified atom stereocenters. The van der Waals surface area contributed by atoms with Gasteiger partial charge in [-0.25, -0.2) is 14.6 Å². The first-order valence-electron chi connectivity index (χ1n) is 5.24. The molecule has 0 amide bonds. The molecule has 0 aliphatic carbocycles. The highest BCUT2D eigenvalue weighted by Gasteiger charge is 2.03. The number of aromatic carboxylic acids is 2. The second-order valence-electron chi connectivity index (χ2n) is 3.41. The van der Waals surface area contributed by atoms with Crippen LogP contribution in [0.3, 0.4) is 0 Å². The number of nitrogens with zero attached hydrogens (tertiary/aromatic N) is 1. The smallest absolute Gasteiger partial charge is 0.354 e.